The van der Waals surface area contributed by atoms with Crippen molar-refractivity contribution in [3.8, 4) is 0 Å². The van der Waals surface area contributed by atoms with Crippen molar-refractivity contribution < 1.29 is 4.74 Å². The third kappa shape index (κ3) is 3.90. The zero-order chi connectivity index (χ0) is 10.4. The highest BCUT2D eigenvalue weighted by Gasteiger charge is 1.99. The van der Waals surface area contributed by atoms with E-state index < -0.39 is 0 Å². The molecule has 0 saturated carbocycles. The highest BCUT2D eigenvalue weighted by atomic mass is 16.5. The number of rotatable bonds is 5. The Hall–Kier alpha value is -0.860. The molecule has 14 heavy (non-hydrogen) atoms. The lowest BCUT2D eigenvalue weighted by molar-refractivity contribution is 0.134. The van der Waals surface area contributed by atoms with Crippen molar-refractivity contribution in [2.45, 2.75) is 32.9 Å². The molecule has 0 aliphatic carbocycles. The molecule has 0 heterocycles. The zero-order valence-electron chi connectivity index (χ0n) is 8.99. The summed E-state index contributed by atoms with van der Waals surface area (Å²) < 4.78 is 5.35. The highest BCUT2D eigenvalue weighted by molar-refractivity contribution is 5.23. The van der Waals surface area contributed by atoms with Crippen LogP contribution in [-0.2, 0) is 17.8 Å². The minimum absolute atomic E-state index is 0.220. The van der Waals surface area contributed by atoms with Crippen LogP contribution in [0.4, 0.5) is 0 Å². The monoisotopic (exact) mass is 193 g/mol. The Balaban J connectivity index is 2.59. The molecule has 2 heteroatoms. The van der Waals surface area contributed by atoms with Crippen molar-refractivity contribution in [3.05, 3.63) is 35.4 Å². The summed E-state index contributed by atoms with van der Waals surface area (Å²) in [5.74, 6) is 0. The van der Waals surface area contributed by atoms with Crippen LogP contribution in [0.1, 0.15) is 25.0 Å². The van der Waals surface area contributed by atoms with E-state index in [2.05, 4.69) is 24.3 Å². The van der Waals surface area contributed by atoms with E-state index in [9.17, 15) is 0 Å². The van der Waals surface area contributed by atoms with E-state index in [4.69, 9.17) is 10.5 Å². The molecule has 0 radical (unpaired) electrons. The first-order valence-corrected chi connectivity index (χ1v) is 5.13. The summed E-state index contributed by atoms with van der Waals surface area (Å²) in [6, 6.07) is 8.64. The van der Waals surface area contributed by atoms with Crippen molar-refractivity contribution in [1.82, 2.24) is 0 Å². The molecular weight excluding hydrogens is 174 g/mol. The predicted octanol–water partition coefficient (Wildman–Crippen LogP) is 2.11. The van der Waals surface area contributed by atoms with Crippen LogP contribution in [0.25, 0.3) is 0 Å². The quantitative estimate of drug-likeness (QED) is 0.777. The molecule has 1 aromatic rings. The largest absolute Gasteiger partial charge is 0.377 e. The average molecular weight is 193 g/mol. The van der Waals surface area contributed by atoms with Gasteiger partial charge in [-0.15, -0.1) is 0 Å². The molecule has 0 aromatic heterocycles. The molecule has 0 saturated heterocycles. The lowest BCUT2D eigenvalue weighted by atomic mass is 10.1. The normalized spacial score (nSPS) is 12.8. The van der Waals surface area contributed by atoms with Gasteiger partial charge in [-0.25, -0.2) is 0 Å². The molecule has 78 valence electrons. The van der Waals surface area contributed by atoms with E-state index >= 15 is 0 Å². The van der Waals surface area contributed by atoms with Gasteiger partial charge in [0.05, 0.1) is 6.61 Å². The average Bonchev–Trinajstić information content (AvgIpc) is 2.14. The van der Waals surface area contributed by atoms with E-state index in [0.29, 0.717) is 6.61 Å². The van der Waals surface area contributed by atoms with Gasteiger partial charge in [0.15, 0.2) is 0 Å². The van der Waals surface area contributed by atoms with Gasteiger partial charge >= 0.3 is 0 Å². The third-order valence-corrected chi connectivity index (χ3v) is 2.02. The standard InChI is InChI=1S/C12H19NO/c1-3-14-9-12-6-4-5-11(8-12)7-10(2)13/h4-6,8,10H,3,7,9,13H2,1-2H3. The van der Waals surface area contributed by atoms with Crippen molar-refractivity contribution in [2.75, 3.05) is 6.61 Å². The Morgan fingerprint density at radius 2 is 2.07 bits per heavy atom. The molecule has 1 atom stereocenters. The van der Waals surface area contributed by atoms with E-state index in [1.54, 1.807) is 0 Å². The van der Waals surface area contributed by atoms with Crippen molar-refractivity contribution >= 4 is 0 Å². The fourth-order valence-corrected chi connectivity index (χ4v) is 1.44. The van der Waals surface area contributed by atoms with Crippen LogP contribution in [0.5, 0.6) is 0 Å². The molecular formula is C12H19NO. The lowest BCUT2D eigenvalue weighted by Gasteiger charge is -2.07. The van der Waals surface area contributed by atoms with E-state index in [-0.39, 0.29) is 6.04 Å². The number of benzene rings is 1. The molecule has 0 aliphatic heterocycles. The van der Waals surface area contributed by atoms with Gasteiger partial charge in [-0.2, -0.15) is 0 Å². The van der Waals surface area contributed by atoms with Gasteiger partial charge in [-0.1, -0.05) is 24.3 Å². The first kappa shape index (κ1) is 11.2. The highest BCUT2D eigenvalue weighted by Crippen LogP contribution is 2.08. The van der Waals surface area contributed by atoms with Crippen LogP contribution >= 0.6 is 0 Å². The zero-order valence-corrected chi connectivity index (χ0v) is 8.99. The fraction of sp³-hybridized carbons (Fsp3) is 0.500. The fourth-order valence-electron chi connectivity index (χ4n) is 1.44. The van der Waals surface area contributed by atoms with Crippen LogP contribution in [-0.4, -0.2) is 12.6 Å². The first-order chi connectivity index (χ1) is 6.72. The van der Waals surface area contributed by atoms with Gasteiger partial charge in [0.1, 0.15) is 0 Å². The molecule has 2 nitrogen and oxygen atoms in total. The van der Waals surface area contributed by atoms with Crippen LogP contribution in [0.3, 0.4) is 0 Å². The number of hydrogen-bond acceptors (Lipinski definition) is 2. The molecule has 2 N–H and O–H groups in total. The first-order valence-electron chi connectivity index (χ1n) is 5.13. The summed E-state index contributed by atoms with van der Waals surface area (Å²) >= 11 is 0. The summed E-state index contributed by atoms with van der Waals surface area (Å²) in [6.45, 7) is 5.49. The molecule has 1 aromatic carbocycles. The van der Waals surface area contributed by atoms with Gasteiger partial charge in [-0.3, -0.25) is 0 Å². The second kappa shape index (κ2) is 5.78. The Bertz CT molecular complexity index is 271. The third-order valence-electron chi connectivity index (χ3n) is 2.02. The summed E-state index contributed by atoms with van der Waals surface area (Å²) in [6.07, 6.45) is 0.931. The van der Waals surface area contributed by atoms with E-state index in [1.165, 1.54) is 11.1 Å². The molecule has 1 rings (SSSR count). The Morgan fingerprint density at radius 3 is 2.71 bits per heavy atom. The van der Waals surface area contributed by atoms with Gasteiger partial charge < -0.3 is 10.5 Å². The van der Waals surface area contributed by atoms with Gasteiger partial charge in [-0.05, 0) is 31.4 Å². The second-order valence-corrected chi connectivity index (χ2v) is 3.64. The van der Waals surface area contributed by atoms with E-state index in [1.807, 2.05) is 13.8 Å². The second-order valence-electron chi connectivity index (χ2n) is 3.64. The van der Waals surface area contributed by atoms with Crippen molar-refractivity contribution in [1.29, 1.82) is 0 Å². The molecule has 0 spiro atoms. The summed E-state index contributed by atoms with van der Waals surface area (Å²) in [5.41, 5.74) is 8.26. The van der Waals surface area contributed by atoms with Crippen LogP contribution in [0.2, 0.25) is 0 Å². The van der Waals surface area contributed by atoms with Gasteiger partial charge in [0, 0.05) is 12.6 Å². The molecule has 1 unspecified atom stereocenters. The summed E-state index contributed by atoms with van der Waals surface area (Å²) in [5, 5.41) is 0. The van der Waals surface area contributed by atoms with Crippen LogP contribution < -0.4 is 5.73 Å². The molecule has 0 amide bonds. The Labute approximate surface area is 86.1 Å². The maximum Gasteiger partial charge on any atom is 0.0716 e. The van der Waals surface area contributed by atoms with Gasteiger partial charge in [0.25, 0.3) is 0 Å². The van der Waals surface area contributed by atoms with Crippen LogP contribution in [0.15, 0.2) is 24.3 Å². The summed E-state index contributed by atoms with van der Waals surface area (Å²) in [7, 11) is 0. The number of nitrogens with two attached hydrogens (primary N) is 1. The maximum absolute atomic E-state index is 5.74. The predicted molar refractivity (Wildman–Crippen MR) is 59.1 cm³/mol. The smallest absolute Gasteiger partial charge is 0.0716 e. The Kier molecular flexibility index (Phi) is 4.63. The van der Waals surface area contributed by atoms with E-state index in [0.717, 1.165) is 13.0 Å². The number of ether oxygens (including phenoxy) is 1. The maximum atomic E-state index is 5.74. The Morgan fingerprint density at radius 1 is 1.36 bits per heavy atom. The molecule has 0 aliphatic rings. The topological polar surface area (TPSA) is 35.2 Å². The number of hydrogen-bond donors (Lipinski definition) is 1. The summed E-state index contributed by atoms with van der Waals surface area (Å²) in [4.78, 5) is 0. The SMILES string of the molecule is CCOCc1cccc(CC(C)N)c1. The minimum atomic E-state index is 0.220. The lowest BCUT2D eigenvalue weighted by Crippen LogP contribution is -2.17. The van der Waals surface area contributed by atoms with Crippen LogP contribution in [0, 0.1) is 0 Å². The van der Waals surface area contributed by atoms with Gasteiger partial charge in [0.2, 0.25) is 0 Å². The van der Waals surface area contributed by atoms with Crippen molar-refractivity contribution in [2.24, 2.45) is 5.73 Å². The minimum Gasteiger partial charge on any atom is -0.377 e. The van der Waals surface area contributed by atoms with Crippen molar-refractivity contribution in [3.63, 3.8) is 0 Å². The molecule has 0 bridgehead atoms. The molecule has 0 fully saturated rings.